The summed E-state index contributed by atoms with van der Waals surface area (Å²) in [4.78, 5) is 31.4. The van der Waals surface area contributed by atoms with Crippen molar-refractivity contribution < 1.29 is 38.7 Å². The van der Waals surface area contributed by atoms with Crippen LogP contribution in [0.2, 0.25) is 0 Å². The van der Waals surface area contributed by atoms with Crippen LogP contribution < -0.4 is 19.5 Å². The van der Waals surface area contributed by atoms with E-state index in [2.05, 4.69) is 15.2 Å². The molecule has 2 fully saturated rings. The lowest BCUT2D eigenvalue weighted by atomic mass is 10.0. The maximum atomic E-state index is 13.3. The number of hydrogen-bond donors (Lipinski definition) is 1. The molecule has 0 radical (unpaired) electrons. The molecule has 1 amide bonds. The highest BCUT2D eigenvalue weighted by molar-refractivity contribution is 6.01. The second kappa shape index (κ2) is 12.7. The normalized spacial score (nSPS) is 17.4. The minimum atomic E-state index is -3.12. The molecule has 1 unspecified atom stereocenters. The third kappa shape index (κ3) is 6.87. The molecule has 1 aliphatic heterocycles. The molecule has 1 saturated heterocycles. The van der Waals surface area contributed by atoms with Gasteiger partial charge >= 0.3 is 12.6 Å². The number of halogens is 2. The van der Waals surface area contributed by atoms with Gasteiger partial charge in [-0.3, -0.25) is 18.9 Å². The minimum absolute atomic E-state index is 0. The number of piperidine rings is 1. The van der Waals surface area contributed by atoms with Crippen molar-refractivity contribution in [2.45, 2.75) is 57.7 Å². The van der Waals surface area contributed by atoms with E-state index in [1.807, 2.05) is 0 Å². The SMILES string of the molecule is CCOC(=O)CN1CCCCC1COc1ccn2c(-c3cc(OC)c(C(=O)NC4CC4)c(OC(F)F)c3)cnc2c1.[HH]. The van der Waals surface area contributed by atoms with E-state index >= 15 is 0 Å². The Morgan fingerprint density at radius 1 is 1.17 bits per heavy atom. The van der Waals surface area contributed by atoms with Gasteiger partial charge < -0.3 is 24.3 Å². The van der Waals surface area contributed by atoms with Crippen molar-refractivity contribution in [1.82, 2.24) is 19.6 Å². The predicted octanol–water partition coefficient (Wildman–Crippen LogP) is 4.55. The van der Waals surface area contributed by atoms with Crippen molar-refractivity contribution in [3.05, 3.63) is 42.2 Å². The standard InChI is InChI=1S/C29H34F2N4O6.H2/c1-3-39-26(36)16-34-10-5-4-6-20(34)17-40-21-9-11-35-22(15-32-25(35)14-21)18-12-23(38-2)27(24(13-18)41-29(30)31)28(37)33-19-7-8-19;/h9,11-15,19-20,29H,3-8,10,16-17H2,1-2H3,(H,33,37);1H. The van der Waals surface area contributed by atoms with Gasteiger partial charge in [-0.25, -0.2) is 4.98 Å². The number of methoxy groups -OCH3 is 1. The summed E-state index contributed by atoms with van der Waals surface area (Å²) in [6, 6.07) is 6.70. The summed E-state index contributed by atoms with van der Waals surface area (Å²) >= 11 is 0. The van der Waals surface area contributed by atoms with Crippen molar-refractivity contribution in [3.63, 3.8) is 0 Å². The topological polar surface area (TPSA) is 104 Å². The maximum Gasteiger partial charge on any atom is 0.387 e. The Morgan fingerprint density at radius 3 is 2.71 bits per heavy atom. The molecule has 1 aromatic carbocycles. The second-order valence-corrected chi connectivity index (χ2v) is 10.1. The highest BCUT2D eigenvalue weighted by atomic mass is 19.3. The number of esters is 1. The fourth-order valence-corrected chi connectivity index (χ4v) is 5.08. The first-order chi connectivity index (χ1) is 19.9. The third-order valence-corrected chi connectivity index (χ3v) is 7.25. The first-order valence-corrected chi connectivity index (χ1v) is 13.8. The van der Waals surface area contributed by atoms with Crippen molar-refractivity contribution in [2.75, 3.05) is 33.4 Å². The number of hydrogen-bond acceptors (Lipinski definition) is 8. The van der Waals surface area contributed by atoms with E-state index < -0.39 is 12.5 Å². The molecular weight excluding hydrogens is 538 g/mol. The number of amides is 1. The number of pyridine rings is 1. The van der Waals surface area contributed by atoms with Crippen LogP contribution in [0.15, 0.2) is 36.7 Å². The fourth-order valence-electron chi connectivity index (χ4n) is 5.08. The quantitative estimate of drug-likeness (QED) is 0.315. The van der Waals surface area contributed by atoms with Gasteiger partial charge in [0.2, 0.25) is 0 Å². The van der Waals surface area contributed by atoms with Crippen molar-refractivity contribution in [2.24, 2.45) is 0 Å². The number of alkyl halides is 2. The van der Waals surface area contributed by atoms with Crippen molar-refractivity contribution in [1.29, 1.82) is 0 Å². The number of ether oxygens (including phenoxy) is 4. The Kier molecular flexibility index (Phi) is 8.87. The van der Waals surface area contributed by atoms with E-state index in [1.165, 1.54) is 13.2 Å². The van der Waals surface area contributed by atoms with Crippen molar-refractivity contribution >= 4 is 17.5 Å². The number of fused-ring (bicyclic) bond motifs is 1. The molecule has 0 bridgehead atoms. The summed E-state index contributed by atoms with van der Waals surface area (Å²) in [6.45, 7) is 0.500. The minimum Gasteiger partial charge on any atom is -0.496 e. The number of aromatic nitrogens is 2. The van der Waals surface area contributed by atoms with Gasteiger partial charge in [0.05, 0.1) is 32.2 Å². The first-order valence-electron chi connectivity index (χ1n) is 13.8. The van der Waals surface area contributed by atoms with Gasteiger partial charge in [-0.2, -0.15) is 8.78 Å². The van der Waals surface area contributed by atoms with Gasteiger partial charge in [-0.15, -0.1) is 0 Å². The van der Waals surface area contributed by atoms with Crippen LogP contribution in [0.3, 0.4) is 0 Å². The van der Waals surface area contributed by atoms with Crippen LogP contribution in [-0.4, -0.2) is 78.3 Å². The first kappa shape index (κ1) is 28.6. The summed E-state index contributed by atoms with van der Waals surface area (Å²) in [5.41, 5.74) is 1.58. The van der Waals surface area contributed by atoms with Crippen LogP contribution in [0.1, 0.15) is 50.8 Å². The van der Waals surface area contributed by atoms with Gasteiger partial charge in [-0.1, -0.05) is 6.42 Å². The molecule has 2 aliphatic rings. The van der Waals surface area contributed by atoms with Crippen LogP contribution in [-0.2, 0) is 9.53 Å². The average Bonchev–Trinajstić information content (AvgIpc) is 3.66. The van der Waals surface area contributed by atoms with Crippen LogP contribution in [0, 0.1) is 0 Å². The molecule has 222 valence electrons. The molecule has 2 aromatic heterocycles. The number of nitrogens with zero attached hydrogens (tertiary/aromatic N) is 3. The van der Waals surface area contributed by atoms with Crippen LogP contribution in [0.4, 0.5) is 8.78 Å². The number of benzene rings is 1. The number of carbonyl (C=O) groups is 2. The highest BCUT2D eigenvalue weighted by Crippen LogP contribution is 2.37. The zero-order valence-corrected chi connectivity index (χ0v) is 23.1. The second-order valence-electron chi connectivity index (χ2n) is 10.1. The average molecular weight is 575 g/mol. The molecule has 1 saturated carbocycles. The Labute approximate surface area is 238 Å². The molecule has 1 N–H and O–H groups in total. The van der Waals surface area contributed by atoms with Gasteiger partial charge in [0.1, 0.15) is 35.1 Å². The molecule has 10 nitrogen and oxygen atoms in total. The Balaban J connectivity index is 0.00000405. The number of nitrogens with one attached hydrogen (secondary N) is 1. The number of carbonyl (C=O) groups excluding carboxylic acids is 2. The molecule has 5 rings (SSSR count). The molecule has 3 aromatic rings. The molecule has 12 heteroatoms. The molecule has 1 atom stereocenters. The van der Waals surface area contributed by atoms with Gasteiger partial charge in [-0.05, 0) is 57.4 Å². The Morgan fingerprint density at radius 2 is 1.98 bits per heavy atom. The molecule has 0 spiro atoms. The lowest BCUT2D eigenvalue weighted by Gasteiger charge is -2.34. The lowest BCUT2D eigenvalue weighted by molar-refractivity contribution is -0.145. The smallest absolute Gasteiger partial charge is 0.387 e. The monoisotopic (exact) mass is 574 g/mol. The van der Waals surface area contributed by atoms with Gasteiger partial charge in [0, 0.05) is 31.3 Å². The fraction of sp³-hybridized carbons (Fsp3) is 0.483. The summed E-state index contributed by atoms with van der Waals surface area (Å²) in [6.07, 6.45) is 8.09. The summed E-state index contributed by atoms with van der Waals surface area (Å²) in [5.74, 6) is -0.303. The Hall–Kier alpha value is -3.93. The largest absolute Gasteiger partial charge is 0.496 e. The number of likely N-dealkylation sites (tertiary alicyclic amines) is 1. The highest BCUT2D eigenvalue weighted by Gasteiger charge is 2.29. The van der Waals surface area contributed by atoms with E-state index in [0.29, 0.717) is 35.9 Å². The van der Waals surface area contributed by atoms with E-state index in [9.17, 15) is 18.4 Å². The molecule has 1 aliphatic carbocycles. The van der Waals surface area contributed by atoms with Crippen LogP contribution >= 0.6 is 0 Å². The van der Waals surface area contributed by atoms with Crippen LogP contribution in [0.25, 0.3) is 16.9 Å². The summed E-state index contributed by atoms with van der Waals surface area (Å²) < 4.78 is 49.8. The van der Waals surface area contributed by atoms with E-state index in [0.717, 1.165) is 38.6 Å². The summed E-state index contributed by atoms with van der Waals surface area (Å²) in [5, 5.41) is 2.80. The van der Waals surface area contributed by atoms with Gasteiger partial charge in [0.15, 0.2) is 0 Å². The molecular formula is C29H36F2N4O6. The molecule has 3 heterocycles. The van der Waals surface area contributed by atoms with E-state index in [1.54, 1.807) is 41.9 Å². The maximum absolute atomic E-state index is 13.3. The zero-order chi connectivity index (χ0) is 28.9. The number of imidazole rings is 1. The molecule has 41 heavy (non-hydrogen) atoms. The lowest BCUT2D eigenvalue weighted by Crippen LogP contribution is -2.46. The van der Waals surface area contributed by atoms with E-state index in [4.69, 9.17) is 18.9 Å². The third-order valence-electron chi connectivity index (χ3n) is 7.25. The number of rotatable bonds is 12. The summed E-state index contributed by atoms with van der Waals surface area (Å²) in [7, 11) is 1.37. The van der Waals surface area contributed by atoms with E-state index in [-0.39, 0.29) is 43.1 Å². The Bertz CT molecular complexity index is 1400. The zero-order valence-electron chi connectivity index (χ0n) is 23.1. The predicted molar refractivity (Wildman–Crippen MR) is 148 cm³/mol. The van der Waals surface area contributed by atoms with Crippen LogP contribution in [0.5, 0.6) is 17.2 Å². The van der Waals surface area contributed by atoms with Gasteiger partial charge in [0.25, 0.3) is 5.91 Å². The van der Waals surface area contributed by atoms with Crippen molar-refractivity contribution in [3.8, 4) is 28.5 Å².